The molecule has 2 heterocycles. The summed E-state index contributed by atoms with van der Waals surface area (Å²) in [4.78, 5) is 5.06. The summed E-state index contributed by atoms with van der Waals surface area (Å²) in [6, 6.07) is 8.26. The smallest absolute Gasteiger partial charge is 0.124 e. The molecule has 22 heavy (non-hydrogen) atoms. The third-order valence-corrected chi connectivity index (χ3v) is 5.34. The third kappa shape index (κ3) is 3.00. The standard InChI is InChI=1S/C18H29N3O/c1-4-20-9-11-21(12-10-20)13-15-17(19)14-7-5-6-8-16(14)22-18(15,2)3/h5-8,15,17H,4,9-13,19H2,1-3H3. The molecule has 1 fully saturated rings. The van der Waals surface area contributed by atoms with E-state index in [2.05, 4.69) is 42.7 Å². The number of likely N-dealkylation sites (N-methyl/N-ethyl adjacent to an activating group) is 1. The van der Waals surface area contributed by atoms with Crippen molar-refractivity contribution in [3.63, 3.8) is 0 Å². The highest BCUT2D eigenvalue weighted by molar-refractivity contribution is 5.39. The molecular weight excluding hydrogens is 274 g/mol. The zero-order chi connectivity index (χ0) is 15.7. The predicted molar refractivity (Wildman–Crippen MR) is 90.1 cm³/mol. The molecule has 2 N–H and O–H groups in total. The molecular formula is C18H29N3O. The van der Waals surface area contributed by atoms with E-state index in [1.165, 1.54) is 0 Å². The van der Waals surface area contributed by atoms with Crippen molar-refractivity contribution in [2.75, 3.05) is 39.3 Å². The molecule has 1 aromatic rings. The van der Waals surface area contributed by atoms with Gasteiger partial charge in [-0.3, -0.25) is 0 Å². The average Bonchev–Trinajstić information content (AvgIpc) is 2.51. The molecule has 0 spiro atoms. The van der Waals surface area contributed by atoms with Gasteiger partial charge in [-0.15, -0.1) is 0 Å². The van der Waals surface area contributed by atoms with Gasteiger partial charge >= 0.3 is 0 Å². The summed E-state index contributed by atoms with van der Waals surface area (Å²) in [6.45, 7) is 13.3. The lowest BCUT2D eigenvalue weighted by Gasteiger charge is -2.46. The van der Waals surface area contributed by atoms with Crippen molar-refractivity contribution >= 4 is 0 Å². The number of benzene rings is 1. The molecule has 0 aromatic heterocycles. The number of para-hydroxylation sites is 1. The van der Waals surface area contributed by atoms with Crippen LogP contribution < -0.4 is 10.5 Å². The van der Waals surface area contributed by atoms with Crippen LogP contribution in [0.15, 0.2) is 24.3 Å². The number of nitrogens with two attached hydrogens (primary N) is 1. The summed E-state index contributed by atoms with van der Waals surface area (Å²) in [5.41, 5.74) is 7.55. The second-order valence-corrected chi connectivity index (χ2v) is 7.11. The van der Waals surface area contributed by atoms with Gasteiger partial charge in [-0.05, 0) is 26.5 Å². The fraction of sp³-hybridized carbons (Fsp3) is 0.667. The van der Waals surface area contributed by atoms with E-state index in [1.807, 2.05) is 12.1 Å². The highest BCUT2D eigenvalue weighted by Crippen LogP contribution is 2.42. The fourth-order valence-corrected chi connectivity index (χ4v) is 3.76. The molecule has 3 rings (SSSR count). The zero-order valence-corrected chi connectivity index (χ0v) is 14.1. The van der Waals surface area contributed by atoms with Gasteiger partial charge in [-0.1, -0.05) is 25.1 Å². The summed E-state index contributed by atoms with van der Waals surface area (Å²) >= 11 is 0. The van der Waals surface area contributed by atoms with Crippen molar-refractivity contribution in [1.29, 1.82) is 0 Å². The van der Waals surface area contributed by atoms with E-state index in [0.29, 0.717) is 5.92 Å². The maximum Gasteiger partial charge on any atom is 0.124 e. The first-order valence-corrected chi connectivity index (χ1v) is 8.49. The molecule has 2 aliphatic heterocycles. The number of fused-ring (bicyclic) bond motifs is 1. The van der Waals surface area contributed by atoms with E-state index in [9.17, 15) is 0 Å². The van der Waals surface area contributed by atoms with Crippen molar-refractivity contribution in [1.82, 2.24) is 9.80 Å². The Bertz CT molecular complexity index is 509. The maximum absolute atomic E-state index is 6.62. The van der Waals surface area contributed by atoms with E-state index < -0.39 is 0 Å². The molecule has 0 radical (unpaired) electrons. The van der Waals surface area contributed by atoms with E-state index >= 15 is 0 Å². The molecule has 1 saturated heterocycles. The maximum atomic E-state index is 6.62. The molecule has 0 amide bonds. The third-order valence-electron chi connectivity index (χ3n) is 5.34. The number of ether oxygens (including phenoxy) is 1. The molecule has 4 nitrogen and oxygen atoms in total. The van der Waals surface area contributed by atoms with Gasteiger partial charge in [0.25, 0.3) is 0 Å². The first-order chi connectivity index (χ1) is 10.5. The number of piperazine rings is 1. The first-order valence-electron chi connectivity index (χ1n) is 8.49. The van der Waals surface area contributed by atoms with Crippen LogP contribution >= 0.6 is 0 Å². The van der Waals surface area contributed by atoms with Gasteiger partial charge in [-0.2, -0.15) is 0 Å². The lowest BCUT2D eigenvalue weighted by atomic mass is 9.78. The van der Waals surface area contributed by atoms with Crippen molar-refractivity contribution in [2.24, 2.45) is 11.7 Å². The summed E-state index contributed by atoms with van der Waals surface area (Å²) < 4.78 is 6.27. The topological polar surface area (TPSA) is 41.7 Å². The van der Waals surface area contributed by atoms with Gasteiger partial charge in [0.15, 0.2) is 0 Å². The Labute approximate surface area is 134 Å². The summed E-state index contributed by atoms with van der Waals surface area (Å²) in [7, 11) is 0. The molecule has 4 heteroatoms. The minimum Gasteiger partial charge on any atom is -0.487 e. The molecule has 1 aromatic carbocycles. The summed E-state index contributed by atoms with van der Waals surface area (Å²) in [6.07, 6.45) is 0. The fourth-order valence-electron chi connectivity index (χ4n) is 3.76. The minimum absolute atomic E-state index is 0.0455. The van der Waals surface area contributed by atoms with Gasteiger partial charge < -0.3 is 20.3 Å². The largest absolute Gasteiger partial charge is 0.487 e. The second kappa shape index (κ2) is 6.19. The summed E-state index contributed by atoms with van der Waals surface area (Å²) in [5, 5.41) is 0. The van der Waals surface area contributed by atoms with Gasteiger partial charge in [0.05, 0.1) is 0 Å². The highest BCUT2D eigenvalue weighted by atomic mass is 16.5. The Morgan fingerprint density at radius 3 is 2.45 bits per heavy atom. The number of hydrogen-bond acceptors (Lipinski definition) is 4. The monoisotopic (exact) mass is 303 g/mol. The Balaban J connectivity index is 1.73. The van der Waals surface area contributed by atoms with Crippen molar-refractivity contribution in [3.8, 4) is 5.75 Å². The minimum atomic E-state index is -0.227. The highest BCUT2D eigenvalue weighted by Gasteiger charge is 2.42. The Kier molecular flexibility index (Phi) is 4.44. The van der Waals surface area contributed by atoms with E-state index in [1.54, 1.807) is 0 Å². The molecule has 0 bridgehead atoms. The van der Waals surface area contributed by atoms with Crippen LogP contribution in [0.1, 0.15) is 32.4 Å². The van der Waals surface area contributed by atoms with Gasteiger partial charge in [0, 0.05) is 50.2 Å². The molecule has 0 aliphatic carbocycles. The second-order valence-electron chi connectivity index (χ2n) is 7.11. The van der Waals surface area contributed by atoms with Crippen LogP contribution in [0.2, 0.25) is 0 Å². The molecule has 0 saturated carbocycles. The Hall–Kier alpha value is -1.10. The normalized spacial score (nSPS) is 28.9. The van der Waals surface area contributed by atoms with Crippen LogP contribution in [-0.2, 0) is 0 Å². The van der Waals surface area contributed by atoms with Crippen LogP contribution in [0.3, 0.4) is 0 Å². The Morgan fingerprint density at radius 1 is 1.14 bits per heavy atom. The van der Waals surface area contributed by atoms with Crippen LogP contribution in [0.5, 0.6) is 5.75 Å². The van der Waals surface area contributed by atoms with Crippen molar-refractivity contribution in [2.45, 2.75) is 32.4 Å². The SMILES string of the molecule is CCN1CCN(CC2C(N)c3ccccc3OC2(C)C)CC1. The Morgan fingerprint density at radius 2 is 1.77 bits per heavy atom. The number of rotatable bonds is 3. The van der Waals surface area contributed by atoms with Crippen LogP contribution in [-0.4, -0.2) is 54.7 Å². The number of nitrogens with zero attached hydrogens (tertiary/aromatic N) is 2. The number of hydrogen-bond donors (Lipinski definition) is 1. The van der Waals surface area contributed by atoms with Crippen molar-refractivity contribution in [3.05, 3.63) is 29.8 Å². The molecule has 122 valence electrons. The summed E-state index contributed by atoms with van der Waals surface area (Å²) in [5.74, 6) is 1.27. The molecule has 2 atom stereocenters. The quantitative estimate of drug-likeness (QED) is 0.928. The van der Waals surface area contributed by atoms with E-state index in [-0.39, 0.29) is 11.6 Å². The van der Waals surface area contributed by atoms with Gasteiger partial charge in [0.2, 0.25) is 0 Å². The average molecular weight is 303 g/mol. The van der Waals surface area contributed by atoms with Crippen LogP contribution in [0.25, 0.3) is 0 Å². The first kappa shape index (κ1) is 15.8. The molecule has 2 aliphatic rings. The van der Waals surface area contributed by atoms with Gasteiger partial charge in [0.1, 0.15) is 11.4 Å². The van der Waals surface area contributed by atoms with Crippen molar-refractivity contribution < 1.29 is 4.74 Å². The van der Waals surface area contributed by atoms with Crippen LogP contribution in [0, 0.1) is 5.92 Å². The van der Waals surface area contributed by atoms with Crippen LogP contribution in [0.4, 0.5) is 0 Å². The molecule has 2 unspecified atom stereocenters. The zero-order valence-electron chi connectivity index (χ0n) is 14.1. The predicted octanol–water partition coefficient (Wildman–Crippen LogP) is 2.11. The van der Waals surface area contributed by atoms with E-state index in [4.69, 9.17) is 10.5 Å². The lowest BCUT2D eigenvalue weighted by molar-refractivity contribution is -0.0135. The van der Waals surface area contributed by atoms with E-state index in [0.717, 1.165) is 50.6 Å². The van der Waals surface area contributed by atoms with Gasteiger partial charge in [-0.25, -0.2) is 0 Å². The lowest BCUT2D eigenvalue weighted by Crippen LogP contribution is -2.55.